The monoisotopic (exact) mass is 272 g/mol. The van der Waals surface area contributed by atoms with Gasteiger partial charge in [0.1, 0.15) is 0 Å². The highest BCUT2D eigenvalue weighted by Gasteiger charge is 2.42. The summed E-state index contributed by atoms with van der Waals surface area (Å²) in [5.74, 6) is 0.666. The van der Waals surface area contributed by atoms with E-state index in [-0.39, 0.29) is 5.92 Å². The quantitative estimate of drug-likeness (QED) is 0.831. The van der Waals surface area contributed by atoms with Crippen LogP contribution in [0.4, 0.5) is 13.2 Å². The van der Waals surface area contributed by atoms with Crippen molar-refractivity contribution in [1.29, 1.82) is 0 Å². The first-order valence-electron chi connectivity index (χ1n) is 6.91. The molecule has 1 saturated heterocycles. The number of likely N-dealkylation sites (tertiary alicyclic amines) is 1. The standard InChI is InChI=1S/C14H19F3N2/c1-9-2-3-19(7-9)8-10-4-12(14(15,16)17)11-6-18-13(11)5-10/h4,9-10,18H,2-3,5-8H2,1H3. The van der Waals surface area contributed by atoms with Gasteiger partial charge in [0.05, 0.1) is 5.57 Å². The molecule has 2 heterocycles. The summed E-state index contributed by atoms with van der Waals surface area (Å²) < 4.78 is 39.0. The molecule has 1 aliphatic carbocycles. The summed E-state index contributed by atoms with van der Waals surface area (Å²) in [6, 6.07) is 0. The Labute approximate surface area is 111 Å². The van der Waals surface area contributed by atoms with E-state index in [1.807, 2.05) is 0 Å². The second-order valence-corrected chi connectivity index (χ2v) is 6.01. The predicted molar refractivity (Wildman–Crippen MR) is 67.5 cm³/mol. The van der Waals surface area contributed by atoms with Crippen molar-refractivity contribution in [3.05, 3.63) is 22.9 Å². The first kappa shape index (κ1) is 13.0. The molecule has 0 radical (unpaired) electrons. The molecule has 0 saturated carbocycles. The minimum Gasteiger partial charge on any atom is -0.384 e. The van der Waals surface area contributed by atoms with Crippen LogP contribution in [0.2, 0.25) is 0 Å². The third kappa shape index (κ3) is 2.53. The van der Waals surface area contributed by atoms with Gasteiger partial charge < -0.3 is 10.2 Å². The van der Waals surface area contributed by atoms with Crippen molar-refractivity contribution in [3.63, 3.8) is 0 Å². The highest BCUT2D eigenvalue weighted by molar-refractivity contribution is 5.47. The molecule has 3 rings (SSSR count). The van der Waals surface area contributed by atoms with Gasteiger partial charge in [0, 0.05) is 30.9 Å². The Hall–Kier alpha value is -0.970. The van der Waals surface area contributed by atoms with Crippen molar-refractivity contribution < 1.29 is 13.2 Å². The first-order chi connectivity index (χ1) is 8.93. The molecule has 5 heteroatoms. The molecule has 0 spiro atoms. The number of halogens is 3. The van der Waals surface area contributed by atoms with E-state index in [4.69, 9.17) is 0 Å². The zero-order valence-corrected chi connectivity index (χ0v) is 11.1. The van der Waals surface area contributed by atoms with Crippen LogP contribution in [0.1, 0.15) is 19.8 Å². The molecule has 1 fully saturated rings. The second kappa shape index (κ2) is 4.54. The van der Waals surface area contributed by atoms with Crippen LogP contribution in [0.3, 0.4) is 0 Å². The molecule has 2 atom stereocenters. The van der Waals surface area contributed by atoms with Gasteiger partial charge in [-0.05, 0) is 31.2 Å². The predicted octanol–water partition coefficient (Wildman–Crippen LogP) is 2.69. The van der Waals surface area contributed by atoms with Gasteiger partial charge in [-0.1, -0.05) is 13.0 Å². The molecule has 2 unspecified atom stereocenters. The first-order valence-corrected chi connectivity index (χ1v) is 6.91. The maximum atomic E-state index is 13.0. The lowest BCUT2D eigenvalue weighted by Gasteiger charge is -2.36. The smallest absolute Gasteiger partial charge is 0.384 e. The van der Waals surface area contributed by atoms with Crippen molar-refractivity contribution in [2.45, 2.75) is 25.9 Å². The minimum atomic E-state index is -4.21. The van der Waals surface area contributed by atoms with Crippen molar-refractivity contribution >= 4 is 0 Å². The van der Waals surface area contributed by atoms with Gasteiger partial charge in [-0.25, -0.2) is 0 Å². The Bertz CT molecular complexity index is 436. The summed E-state index contributed by atoms with van der Waals surface area (Å²) in [6.07, 6.45) is -0.850. The van der Waals surface area contributed by atoms with Crippen LogP contribution in [0.25, 0.3) is 0 Å². The summed E-state index contributed by atoms with van der Waals surface area (Å²) in [4.78, 5) is 2.30. The number of nitrogens with one attached hydrogen (secondary N) is 1. The maximum absolute atomic E-state index is 13.0. The highest BCUT2D eigenvalue weighted by Crippen LogP contribution is 2.41. The highest BCUT2D eigenvalue weighted by atomic mass is 19.4. The van der Waals surface area contributed by atoms with Gasteiger partial charge in [0.2, 0.25) is 0 Å². The molecule has 0 aromatic heterocycles. The van der Waals surface area contributed by atoms with E-state index < -0.39 is 11.7 Å². The summed E-state index contributed by atoms with van der Waals surface area (Å²) in [6.45, 7) is 5.36. The number of hydrogen-bond donors (Lipinski definition) is 1. The molecule has 0 aromatic carbocycles. The van der Waals surface area contributed by atoms with E-state index >= 15 is 0 Å². The lowest BCUT2D eigenvalue weighted by molar-refractivity contribution is -0.0910. The molecule has 1 N–H and O–H groups in total. The maximum Gasteiger partial charge on any atom is 0.416 e. The fraction of sp³-hybridized carbons (Fsp3) is 0.714. The van der Waals surface area contributed by atoms with Crippen molar-refractivity contribution in [2.75, 3.05) is 26.2 Å². The van der Waals surface area contributed by atoms with Crippen LogP contribution in [0.15, 0.2) is 22.9 Å². The molecule has 106 valence electrons. The van der Waals surface area contributed by atoms with Gasteiger partial charge in [0.25, 0.3) is 0 Å². The molecule has 0 aromatic rings. The Morgan fingerprint density at radius 2 is 2.21 bits per heavy atom. The van der Waals surface area contributed by atoms with Crippen LogP contribution >= 0.6 is 0 Å². The lowest BCUT2D eigenvalue weighted by atomic mass is 9.83. The summed E-state index contributed by atoms with van der Waals surface area (Å²) >= 11 is 0. The summed E-state index contributed by atoms with van der Waals surface area (Å²) in [7, 11) is 0. The SMILES string of the molecule is CC1CCN(CC2C=C(C(F)(F)F)C3=C(C2)NC3)C1. The van der Waals surface area contributed by atoms with Crippen LogP contribution in [0, 0.1) is 11.8 Å². The van der Waals surface area contributed by atoms with Crippen LogP contribution in [-0.4, -0.2) is 37.3 Å². The van der Waals surface area contributed by atoms with Crippen molar-refractivity contribution in [3.8, 4) is 0 Å². The second-order valence-electron chi connectivity index (χ2n) is 6.01. The van der Waals surface area contributed by atoms with Gasteiger partial charge in [-0.2, -0.15) is 13.2 Å². The number of allylic oxidation sites excluding steroid dienone is 1. The van der Waals surface area contributed by atoms with Crippen molar-refractivity contribution in [1.82, 2.24) is 10.2 Å². The largest absolute Gasteiger partial charge is 0.416 e. The number of nitrogens with zero attached hydrogens (tertiary/aromatic N) is 1. The molecule has 3 aliphatic rings. The van der Waals surface area contributed by atoms with E-state index in [0.717, 1.165) is 38.2 Å². The Morgan fingerprint density at radius 1 is 1.42 bits per heavy atom. The fourth-order valence-corrected chi connectivity index (χ4v) is 3.32. The molecular weight excluding hydrogens is 253 g/mol. The third-order valence-electron chi connectivity index (χ3n) is 4.34. The Kier molecular flexibility index (Phi) is 3.12. The zero-order chi connectivity index (χ0) is 13.6. The van der Waals surface area contributed by atoms with Gasteiger partial charge in [-0.3, -0.25) is 0 Å². The van der Waals surface area contributed by atoms with Gasteiger partial charge in [0.15, 0.2) is 0 Å². The average molecular weight is 272 g/mol. The van der Waals surface area contributed by atoms with Crippen LogP contribution in [0.5, 0.6) is 0 Å². The van der Waals surface area contributed by atoms with Crippen LogP contribution < -0.4 is 5.32 Å². The number of alkyl halides is 3. The molecule has 0 bridgehead atoms. The topological polar surface area (TPSA) is 15.3 Å². The number of hydrogen-bond acceptors (Lipinski definition) is 2. The minimum absolute atomic E-state index is 0.00604. The lowest BCUT2D eigenvalue weighted by Crippen LogP contribution is -2.40. The van der Waals surface area contributed by atoms with E-state index in [9.17, 15) is 13.2 Å². The molecule has 19 heavy (non-hydrogen) atoms. The third-order valence-corrected chi connectivity index (χ3v) is 4.34. The fourth-order valence-electron chi connectivity index (χ4n) is 3.32. The van der Waals surface area contributed by atoms with Gasteiger partial charge >= 0.3 is 6.18 Å². The molecule has 2 aliphatic heterocycles. The average Bonchev–Trinajstić information content (AvgIpc) is 2.66. The zero-order valence-electron chi connectivity index (χ0n) is 11.1. The Morgan fingerprint density at radius 3 is 2.74 bits per heavy atom. The van der Waals surface area contributed by atoms with E-state index in [2.05, 4.69) is 17.1 Å². The van der Waals surface area contributed by atoms with Crippen LogP contribution in [-0.2, 0) is 0 Å². The summed E-state index contributed by atoms with van der Waals surface area (Å²) in [5, 5.41) is 3.03. The molecule has 2 nitrogen and oxygen atoms in total. The summed E-state index contributed by atoms with van der Waals surface area (Å²) in [5.41, 5.74) is 0.898. The van der Waals surface area contributed by atoms with E-state index in [1.165, 1.54) is 6.08 Å². The normalized spacial score (nSPS) is 31.7. The van der Waals surface area contributed by atoms with E-state index in [0.29, 0.717) is 18.0 Å². The van der Waals surface area contributed by atoms with Crippen molar-refractivity contribution in [2.24, 2.45) is 11.8 Å². The number of rotatable bonds is 2. The molecule has 0 amide bonds. The Balaban J connectivity index is 1.72. The molecular formula is C14H19F3N2. The van der Waals surface area contributed by atoms with Gasteiger partial charge in [-0.15, -0.1) is 0 Å². The van der Waals surface area contributed by atoms with E-state index in [1.54, 1.807) is 0 Å².